The van der Waals surface area contributed by atoms with E-state index in [1.54, 1.807) is 44.1 Å². The molecule has 0 bridgehead atoms. The first-order valence-corrected chi connectivity index (χ1v) is 14.9. The van der Waals surface area contributed by atoms with Crippen molar-refractivity contribution >= 4 is 50.4 Å². The van der Waals surface area contributed by atoms with Gasteiger partial charge >= 0.3 is 5.97 Å². The van der Waals surface area contributed by atoms with Gasteiger partial charge in [-0.25, -0.2) is 9.79 Å². The molecule has 0 N–H and O–H groups in total. The number of carbonyl (C=O) groups excluding carboxylic acids is 2. The smallest absolute Gasteiger partial charge is 0.338 e. The minimum absolute atomic E-state index is 0.173. The lowest BCUT2D eigenvalue weighted by molar-refractivity contribution is -0.139. The van der Waals surface area contributed by atoms with E-state index in [2.05, 4.69) is 20.9 Å². The topological polar surface area (TPSA) is 90.2 Å². The van der Waals surface area contributed by atoms with Gasteiger partial charge in [-0.1, -0.05) is 69.7 Å². The number of ether oxygens (including phenoxy) is 2. The number of hydrogen-bond acceptors (Lipinski definition) is 7. The molecule has 1 amide bonds. The van der Waals surface area contributed by atoms with E-state index in [4.69, 9.17) is 9.47 Å². The average Bonchev–Trinajstić information content (AvgIpc) is 3.44. The molecule has 0 unspecified atom stereocenters. The summed E-state index contributed by atoms with van der Waals surface area (Å²) in [5.41, 5.74) is 3.64. The van der Waals surface area contributed by atoms with Gasteiger partial charge in [-0.2, -0.15) is 0 Å². The molecule has 2 aliphatic rings. The summed E-state index contributed by atoms with van der Waals surface area (Å²) in [5, 5.41) is 0. The van der Waals surface area contributed by atoms with Crippen molar-refractivity contribution in [3.63, 3.8) is 0 Å². The molecule has 0 spiro atoms. The van der Waals surface area contributed by atoms with Crippen molar-refractivity contribution in [2.24, 2.45) is 4.99 Å². The molecule has 2 aliphatic heterocycles. The van der Waals surface area contributed by atoms with Crippen LogP contribution in [0.2, 0.25) is 0 Å². The Morgan fingerprint density at radius 3 is 2.57 bits per heavy atom. The van der Waals surface area contributed by atoms with Crippen LogP contribution in [0.1, 0.15) is 36.6 Å². The number of thiazole rings is 1. The summed E-state index contributed by atoms with van der Waals surface area (Å²) in [6.07, 6.45) is 0. The number of rotatable bonds is 6. The highest BCUT2D eigenvalue weighted by molar-refractivity contribution is 9.10. The number of nitrogens with zero attached hydrogens (tertiary/aromatic N) is 3. The van der Waals surface area contributed by atoms with Gasteiger partial charge in [0.05, 0.1) is 48.8 Å². The second kappa shape index (κ2) is 11.2. The SMILES string of the molecule is CCOC(=O)C1=C(C)N=c2s/c(=C3\C(=O)N(Cc4ccccc4)c4ccc(Br)cc43)c(=O)n2[C@H]1c1cccc(OC)c1. The Bertz CT molecular complexity index is 1960. The molecular formula is C32H26BrN3O5S. The van der Waals surface area contributed by atoms with Crippen LogP contribution in [0.5, 0.6) is 5.75 Å². The normalized spacial score (nSPS) is 17.1. The van der Waals surface area contributed by atoms with E-state index in [1.165, 1.54) is 4.57 Å². The van der Waals surface area contributed by atoms with E-state index in [0.29, 0.717) is 39.5 Å². The van der Waals surface area contributed by atoms with Gasteiger partial charge in [0.15, 0.2) is 4.80 Å². The van der Waals surface area contributed by atoms with Crippen LogP contribution in [-0.2, 0) is 20.9 Å². The number of benzene rings is 3. The first-order chi connectivity index (χ1) is 20.3. The summed E-state index contributed by atoms with van der Waals surface area (Å²) in [6.45, 7) is 3.99. The van der Waals surface area contributed by atoms with Crippen LogP contribution >= 0.6 is 27.3 Å². The molecule has 1 atom stereocenters. The minimum atomic E-state index is -0.816. The van der Waals surface area contributed by atoms with Crippen LogP contribution in [0, 0.1) is 0 Å². The van der Waals surface area contributed by atoms with E-state index in [-0.39, 0.29) is 22.6 Å². The highest BCUT2D eigenvalue weighted by atomic mass is 79.9. The van der Waals surface area contributed by atoms with Gasteiger partial charge in [-0.3, -0.25) is 14.2 Å². The number of esters is 1. The number of fused-ring (bicyclic) bond motifs is 2. The minimum Gasteiger partial charge on any atom is -0.497 e. The maximum atomic E-state index is 14.4. The first-order valence-electron chi connectivity index (χ1n) is 13.3. The summed E-state index contributed by atoms with van der Waals surface area (Å²) >= 11 is 4.68. The van der Waals surface area contributed by atoms with Crippen LogP contribution in [0.15, 0.2) is 98.3 Å². The van der Waals surface area contributed by atoms with E-state index in [1.807, 2.05) is 54.6 Å². The Kier molecular flexibility index (Phi) is 7.42. The fraction of sp³-hybridized carbons (Fsp3) is 0.188. The van der Waals surface area contributed by atoms with Crippen LogP contribution in [0.25, 0.3) is 5.57 Å². The molecule has 1 aromatic heterocycles. The third-order valence-electron chi connectivity index (χ3n) is 7.29. The Labute approximate surface area is 254 Å². The first kappa shape index (κ1) is 27.9. The summed E-state index contributed by atoms with van der Waals surface area (Å²) in [4.78, 5) is 48.5. The Morgan fingerprint density at radius 1 is 1.05 bits per heavy atom. The van der Waals surface area contributed by atoms with Gasteiger partial charge in [0.1, 0.15) is 10.3 Å². The molecule has 0 fully saturated rings. The second-order valence-electron chi connectivity index (χ2n) is 9.81. The largest absolute Gasteiger partial charge is 0.497 e. The number of carbonyl (C=O) groups is 2. The van der Waals surface area contributed by atoms with Crippen LogP contribution < -0.4 is 24.5 Å². The fourth-order valence-corrected chi connectivity index (χ4v) is 6.91. The van der Waals surface area contributed by atoms with E-state index in [9.17, 15) is 14.4 Å². The maximum absolute atomic E-state index is 14.4. The lowest BCUT2D eigenvalue weighted by atomic mass is 9.95. The van der Waals surface area contributed by atoms with Gasteiger partial charge in [0.25, 0.3) is 11.5 Å². The number of methoxy groups -OCH3 is 1. The van der Waals surface area contributed by atoms with E-state index in [0.717, 1.165) is 27.1 Å². The third-order valence-corrected chi connectivity index (χ3v) is 8.84. The zero-order valence-electron chi connectivity index (χ0n) is 23.1. The number of aromatic nitrogens is 1. The number of hydrogen-bond donors (Lipinski definition) is 0. The van der Waals surface area contributed by atoms with Crippen molar-refractivity contribution in [2.45, 2.75) is 26.4 Å². The lowest BCUT2D eigenvalue weighted by Crippen LogP contribution is -2.41. The van der Waals surface area contributed by atoms with Crippen molar-refractivity contribution in [3.05, 3.63) is 125 Å². The van der Waals surface area contributed by atoms with Crippen molar-refractivity contribution in [2.75, 3.05) is 18.6 Å². The average molecular weight is 645 g/mol. The Hall–Kier alpha value is -4.28. The summed E-state index contributed by atoms with van der Waals surface area (Å²) in [7, 11) is 1.56. The molecule has 10 heteroatoms. The highest BCUT2D eigenvalue weighted by Gasteiger charge is 2.37. The highest BCUT2D eigenvalue weighted by Crippen LogP contribution is 2.38. The monoisotopic (exact) mass is 643 g/mol. The molecule has 6 rings (SSSR count). The molecule has 0 saturated carbocycles. The molecule has 0 radical (unpaired) electrons. The van der Waals surface area contributed by atoms with Gasteiger partial charge < -0.3 is 14.4 Å². The van der Waals surface area contributed by atoms with Crippen LogP contribution in [0.3, 0.4) is 0 Å². The molecule has 8 nitrogen and oxygen atoms in total. The molecule has 42 heavy (non-hydrogen) atoms. The molecule has 3 aromatic carbocycles. The zero-order valence-corrected chi connectivity index (χ0v) is 25.5. The molecule has 3 heterocycles. The lowest BCUT2D eigenvalue weighted by Gasteiger charge is -2.25. The molecule has 0 aliphatic carbocycles. The standard InChI is InChI=1S/C32H26BrN3O5S/c1-4-41-31(39)25-18(2)34-32-36(27(25)20-11-8-12-22(15-20)40-3)30(38)28(42-32)26-23-16-21(33)13-14-24(23)35(29(26)37)17-19-9-6-5-7-10-19/h5-16,27H,4,17H2,1-3H3/b28-26-/t27-/m0/s1. The van der Waals surface area contributed by atoms with Gasteiger partial charge in [-0.05, 0) is 55.3 Å². The molecule has 0 saturated heterocycles. The van der Waals surface area contributed by atoms with Gasteiger partial charge in [0.2, 0.25) is 0 Å². The number of anilines is 1. The van der Waals surface area contributed by atoms with Gasteiger partial charge in [0, 0.05) is 10.0 Å². The summed E-state index contributed by atoms with van der Waals surface area (Å²) in [6, 6.07) is 21.7. The van der Waals surface area contributed by atoms with Crippen LogP contribution in [0.4, 0.5) is 5.69 Å². The second-order valence-corrected chi connectivity index (χ2v) is 11.7. The van der Waals surface area contributed by atoms with Crippen LogP contribution in [-0.4, -0.2) is 30.2 Å². The van der Waals surface area contributed by atoms with Crippen molar-refractivity contribution < 1.29 is 19.1 Å². The third kappa shape index (κ3) is 4.70. The Balaban J connectivity index is 1.60. The Morgan fingerprint density at radius 2 is 1.83 bits per heavy atom. The van der Waals surface area contributed by atoms with E-state index >= 15 is 0 Å². The fourth-order valence-electron chi connectivity index (χ4n) is 5.41. The number of halogens is 1. The molecule has 4 aromatic rings. The zero-order chi connectivity index (χ0) is 29.5. The summed E-state index contributed by atoms with van der Waals surface area (Å²) < 4.78 is 13.4. The molecule has 212 valence electrons. The number of amides is 1. The maximum Gasteiger partial charge on any atom is 0.338 e. The number of allylic oxidation sites excluding steroid dienone is 1. The summed E-state index contributed by atoms with van der Waals surface area (Å²) in [5.74, 6) is -0.238. The molecular weight excluding hydrogens is 618 g/mol. The van der Waals surface area contributed by atoms with Crippen molar-refractivity contribution in [1.82, 2.24) is 4.57 Å². The quantitative estimate of drug-likeness (QED) is 0.289. The predicted octanol–water partition coefficient (Wildman–Crippen LogP) is 4.49. The van der Waals surface area contributed by atoms with Gasteiger partial charge in [-0.15, -0.1) is 0 Å². The van der Waals surface area contributed by atoms with E-state index < -0.39 is 17.6 Å². The van der Waals surface area contributed by atoms with Crippen molar-refractivity contribution in [1.29, 1.82) is 0 Å². The predicted molar refractivity (Wildman–Crippen MR) is 164 cm³/mol. The van der Waals surface area contributed by atoms with Crippen molar-refractivity contribution in [3.8, 4) is 5.75 Å².